The third kappa shape index (κ3) is 3.22. The summed E-state index contributed by atoms with van der Waals surface area (Å²) in [4.78, 5) is 0. The van der Waals surface area contributed by atoms with Crippen molar-refractivity contribution >= 4 is 54.6 Å². The Labute approximate surface area is 249 Å². The zero-order valence-corrected chi connectivity index (χ0v) is 23.4. The topological polar surface area (TPSA) is 13.1 Å². The van der Waals surface area contributed by atoms with Gasteiger partial charge in [0, 0.05) is 22.6 Å². The van der Waals surface area contributed by atoms with E-state index in [4.69, 9.17) is 4.42 Å². The van der Waals surface area contributed by atoms with Crippen LogP contribution in [0.5, 0.6) is 0 Å². The highest BCUT2D eigenvalue weighted by atomic mass is 16.3. The highest BCUT2D eigenvalue weighted by Crippen LogP contribution is 2.54. The molecule has 1 nitrogen and oxygen atoms in total. The first-order valence-corrected chi connectivity index (χ1v) is 15.1. The first-order chi connectivity index (χ1) is 21.3. The zero-order chi connectivity index (χ0) is 28.1. The van der Waals surface area contributed by atoms with Crippen molar-refractivity contribution in [3.05, 3.63) is 179 Å². The number of hydrogen-bond acceptors (Lipinski definition) is 1. The van der Waals surface area contributed by atoms with E-state index in [1.807, 2.05) is 6.07 Å². The Morgan fingerprint density at radius 3 is 2.14 bits per heavy atom. The third-order valence-electron chi connectivity index (χ3n) is 9.89. The Bertz CT molecular complexity index is 2450. The first kappa shape index (κ1) is 23.2. The lowest BCUT2D eigenvalue weighted by molar-refractivity contribution is 0.569. The van der Waals surface area contributed by atoms with Gasteiger partial charge in [-0.05, 0) is 90.4 Å². The molecule has 0 aliphatic heterocycles. The Morgan fingerprint density at radius 2 is 1.21 bits per heavy atom. The van der Waals surface area contributed by atoms with Crippen molar-refractivity contribution in [1.29, 1.82) is 0 Å². The van der Waals surface area contributed by atoms with Crippen molar-refractivity contribution in [3.63, 3.8) is 0 Å². The molecule has 5 aromatic carbocycles. The maximum atomic E-state index is 6.15. The number of fused-ring (bicyclic) bond motifs is 6. The molecule has 0 N–H and O–H groups in total. The van der Waals surface area contributed by atoms with Crippen LogP contribution in [0.15, 0.2) is 172 Å². The Kier molecular flexibility index (Phi) is 4.62. The molecule has 200 valence electrons. The molecule has 2 unspecified atom stereocenters. The van der Waals surface area contributed by atoms with Gasteiger partial charge in [-0.15, -0.1) is 0 Å². The second-order valence-corrected chi connectivity index (χ2v) is 12.0. The van der Waals surface area contributed by atoms with Gasteiger partial charge in [0.25, 0.3) is 0 Å². The number of para-hydroxylation sites is 1. The minimum Gasteiger partial charge on any atom is -0.456 e. The summed E-state index contributed by atoms with van der Waals surface area (Å²) in [6, 6.07) is 35.0. The molecule has 0 bridgehead atoms. The SMILES string of the molecule is C1=CC2=C(c3ccc4oc5ccccc5c4c3)C=CC3=CC=C4C(c5cc6ccccc6c6ccccc56)=CC=C1C4C32. The highest BCUT2D eigenvalue weighted by molar-refractivity contribution is 6.13. The number of hydrogen-bond donors (Lipinski definition) is 0. The number of furan rings is 1. The van der Waals surface area contributed by atoms with E-state index in [0.717, 1.165) is 11.2 Å². The molecule has 0 spiro atoms. The summed E-state index contributed by atoms with van der Waals surface area (Å²) in [5, 5.41) is 7.56. The van der Waals surface area contributed by atoms with Crippen LogP contribution < -0.4 is 0 Å². The van der Waals surface area contributed by atoms with E-state index in [2.05, 4.69) is 140 Å². The fraction of sp³-hybridized carbons (Fsp3) is 0.0476. The largest absolute Gasteiger partial charge is 0.456 e. The molecule has 0 fully saturated rings. The summed E-state index contributed by atoms with van der Waals surface area (Å²) in [7, 11) is 0. The van der Waals surface area contributed by atoms with Crippen LogP contribution in [-0.2, 0) is 0 Å². The second kappa shape index (κ2) is 8.56. The van der Waals surface area contributed by atoms with E-state index in [9.17, 15) is 0 Å². The molecule has 6 aromatic rings. The lowest BCUT2D eigenvalue weighted by Gasteiger charge is -2.42. The Hall–Kier alpha value is -5.40. The number of rotatable bonds is 2. The zero-order valence-electron chi connectivity index (χ0n) is 23.4. The van der Waals surface area contributed by atoms with Crippen LogP contribution in [-0.4, -0.2) is 0 Å². The summed E-state index contributed by atoms with van der Waals surface area (Å²) < 4.78 is 6.15. The van der Waals surface area contributed by atoms with Crippen molar-refractivity contribution in [1.82, 2.24) is 0 Å². The van der Waals surface area contributed by atoms with Crippen molar-refractivity contribution in [2.45, 2.75) is 0 Å². The van der Waals surface area contributed by atoms with Gasteiger partial charge in [0.05, 0.1) is 0 Å². The summed E-state index contributed by atoms with van der Waals surface area (Å²) in [5.41, 5.74) is 12.7. The van der Waals surface area contributed by atoms with Gasteiger partial charge >= 0.3 is 0 Å². The fourth-order valence-electron chi connectivity index (χ4n) is 7.95. The lowest BCUT2D eigenvalue weighted by Crippen LogP contribution is -2.30. The Morgan fingerprint density at radius 1 is 0.488 bits per heavy atom. The quantitative estimate of drug-likeness (QED) is 0.197. The molecule has 4 aliphatic rings. The first-order valence-electron chi connectivity index (χ1n) is 15.1. The molecule has 0 radical (unpaired) electrons. The molecule has 43 heavy (non-hydrogen) atoms. The Balaban J connectivity index is 1.15. The van der Waals surface area contributed by atoms with E-state index < -0.39 is 0 Å². The second-order valence-electron chi connectivity index (χ2n) is 12.0. The van der Waals surface area contributed by atoms with Crippen molar-refractivity contribution in [2.75, 3.05) is 0 Å². The third-order valence-corrected chi connectivity index (χ3v) is 9.89. The van der Waals surface area contributed by atoms with Gasteiger partial charge in [-0.2, -0.15) is 0 Å². The predicted octanol–water partition coefficient (Wildman–Crippen LogP) is 10.9. The van der Waals surface area contributed by atoms with Crippen LogP contribution in [0.2, 0.25) is 0 Å². The van der Waals surface area contributed by atoms with Crippen LogP contribution in [0.3, 0.4) is 0 Å². The van der Waals surface area contributed by atoms with Gasteiger partial charge in [-0.1, -0.05) is 121 Å². The van der Waals surface area contributed by atoms with Crippen LogP contribution in [0, 0.1) is 11.8 Å². The van der Waals surface area contributed by atoms with Gasteiger partial charge in [0.15, 0.2) is 0 Å². The molecule has 0 saturated carbocycles. The molecular weight excluding hydrogens is 520 g/mol. The predicted molar refractivity (Wildman–Crippen MR) is 180 cm³/mol. The number of benzene rings is 5. The van der Waals surface area contributed by atoms with Crippen molar-refractivity contribution in [3.8, 4) is 0 Å². The number of allylic oxidation sites excluding steroid dienone is 14. The highest BCUT2D eigenvalue weighted by Gasteiger charge is 2.40. The molecule has 0 saturated heterocycles. The van der Waals surface area contributed by atoms with Crippen LogP contribution >= 0.6 is 0 Å². The van der Waals surface area contributed by atoms with E-state index in [1.165, 1.54) is 76.9 Å². The lowest BCUT2D eigenvalue weighted by atomic mass is 9.61. The average molecular weight is 547 g/mol. The van der Waals surface area contributed by atoms with E-state index in [1.54, 1.807) is 0 Å². The minimum atomic E-state index is 0.295. The molecule has 1 aromatic heterocycles. The van der Waals surface area contributed by atoms with Crippen LogP contribution in [0.1, 0.15) is 11.1 Å². The summed E-state index contributed by atoms with van der Waals surface area (Å²) in [6.45, 7) is 0. The normalized spacial score (nSPS) is 20.4. The van der Waals surface area contributed by atoms with Gasteiger partial charge in [0.1, 0.15) is 11.2 Å². The molecular formula is C42H26O. The van der Waals surface area contributed by atoms with E-state index >= 15 is 0 Å². The maximum absolute atomic E-state index is 6.15. The van der Waals surface area contributed by atoms with E-state index in [-0.39, 0.29) is 0 Å². The monoisotopic (exact) mass is 546 g/mol. The van der Waals surface area contributed by atoms with Gasteiger partial charge in [-0.25, -0.2) is 0 Å². The molecule has 1 heteroatoms. The standard InChI is InChI=1S/C42H26O/c1-2-8-29-27(7-1)23-37(32-10-4-3-9-31(29)32)33-19-14-26-15-20-35-30(18-13-25-16-21-36(33)42(26)41(25)35)28-17-22-40-38(24-28)34-11-5-6-12-39(34)43-40/h1-24,41-42H. The van der Waals surface area contributed by atoms with Crippen LogP contribution in [0.25, 0.3) is 54.6 Å². The molecule has 4 aliphatic carbocycles. The maximum Gasteiger partial charge on any atom is 0.135 e. The van der Waals surface area contributed by atoms with Crippen molar-refractivity contribution in [2.24, 2.45) is 11.8 Å². The minimum absolute atomic E-state index is 0.295. The van der Waals surface area contributed by atoms with Crippen LogP contribution in [0.4, 0.5) is 0 Å². The molecule has 0 amide bonds. The molecule has 1 heterocycles. The average Bonchev–Trinajstić information content (AvgIpc) is 3.45. The van der Waals surface area contributed by atoms with Gasteiger partial charge in [0.2, 0.25) is 0 Å². The van der Waals surface area contributed by atoms with Gasteiger partial charge in [-0.3, -0.25) is 0 Å². The summed E-state index contributed by atoms with van der Waals surface area (Å²) in [6.07, 6.45) is 18.8. The molecule has 10 rings (SSSR count). The fourth-order valence-corrected chi connectivity index (χ4v) is 7.95. The summed E-state index contributed by atoms with van der Waals surface area (Å²) >= 11 is 0. The summed E-state index contributed by atoms with van der Waals surface area (Å²) in [5.74, 6) is 0.590. The van der Waals surface area contributed by atoms with Gasteiger partial charge < -0.3 is 4.42 Å². The molecule has 2 atom stereocenters. The van der Waals surface area contributed by atoms with Crippen molar-refractivity contribution < 1.29 is 4.42 Å². The van der Waals surface area contributed by atoms with E-state index in [0.29, 0.717) is 11.8 Å². The smallest absolute Gasteiger partial charge is 0.135 e.